The minimum Gasteiger partial charge on any atom is -0.369 e. The van der Waals surface area contributed by atoms with Crippen molar-refractivity contribution >= 4 is 5.82 Å². The van der Waals surface area contributed by atoms with Crippen LogP contribution in [0.1, 0.15) is 5.69 Å². The van der Waals surface area contributed by atoms with E-state index in [0.717, 1.165) is 17.3 Å². The number of nitrogens with one attached hydrogen (secondary N) is 1. The molecule has 0 aliphatic rings. The molecule has 0 radical (unpaired) electrons. The minimum absolute atomic E-state index is 0.570. The summed E-state index contributed by atoms with van der Waals surface area (Å²) in [6.45, 7) is 3.19. The number of aromatic nitrogens is 4. The van der Waals surface area contributed by atoms with Crippen LogP contribution in [0.3, 0.4) is 0 Å². The monoisotopic (exact) mass is 218 g/mol. The summed E-state index contributed by atoms with van der Waals surface area (Å²) in [7, 11) is 0. The molecule has 3 N–H and O–H groups in total. The Morgan fingerprint density at radius 1 is 1.44 bits per heavy atom. The molecule has 2 aromatic heterocycles. The van der Waals surface area contributed by atoms with Gasteiger partial charge in [0.25, 0.3) is 0 Å². The highest BCUT2D eigenvalue weighted by Gasteiger charge is 2.01. The standard InChI is InChI=1S/C10H14N6/c1-8-2-5-16(15-8)10-6-9(12-4-3-11)13-7-14-10/h2,5-7H,3-4,11H2,1H3,(H,12,13,14). The number of nitrogens with two attached hydrogens (primary N) is 1. The van der Waals surface area contributed by atoms with Gasteiger partial charge in [-0.1, -0.05) is 0 Å². The second-order valence-electron chi connectivity index (χ2n) is 3.38. The third-order valence-electron chi connectivity index (χ3n) is 2.06. The smallest absolute Gasteiger partial charge is 0.158 e. The Balaban J connectivity index is 2.22. The molecule has 0 aliphatic carbocycles. The Morgan fingerprint density at radius 3 is 3.00 bits per heavy atom. The Kier molecular flexibility index (Phi) is 3.11. The van der Waals surface area contributed by atoms with Crippen LogP contribution in [0.15, 0.2) is 24.7 Å². The predicted molar refractivity (Wildman–Crippen MR) is 61.4 cm³/mol. The number of anilines is 1. The van der Waals surface area contributed by atoms with E-state index < -0.39 is 0 Å². The largest absolute Gasteiger partial charge is 0.369 e. The van der Waals surface area contributed by atoms with Crippen molar-refractivity contribution in [1.82, 2.24) is 19.7 Å². The molecule has 0 amide bonds. The fourth-order valence-corrected chi connectivity index (χ4v) is 1.31. The van der Waals surface area contributed by atoms with Crippen LogP contribution in [0.4, 0.5) is 5.82 Å². The van der Waals surface area contributed by atoms with Crippen LogP contribution in [0.25, 0.3) is 5.82 Å². The van der Waals surface area contributed by atoms with Crippen molar-refractivity contribution < 1.29 is 0 Å². The Bertz CT molecular complexity index is 464. The second kappa shape index (κ2) is 4.71. The lowest BCUT2D eigenvalue weighted by Crippen LogP contribution is -2.14. The van der Waals surface area contributed by atoms with Crippen LogP contribution < -0.4 is 11.1 Å². The van der Waals surface area contributed by atoms with Gasteiger partial charge >= 0.3 is 0 Å². The molecule has 0 saturated heterocycles. The molecule has 0 atom stereocenters. The van der Waals surface area contributed by atoms with Gasteiger partial charge in [0, 0.05) is 25.4 Å². The lowest BCUT2D eigenvalue weighted by molar-refractivity contribution is 0.825. The first-order chi connectivity index (χ1) is 7.79. The van der Waals surface area contributed by atoms with Crippen LogP contribution in [0.2, 0.25) is 0 Å². The van der Waals surface area contributed by atoms with E-state index in [9.17, 15) is 0 Å². The quantitative estimate of drug-likeness (QED) is 0.773. The maximum atomic E-state index is 5.41. The average molecular weight is 218 g/mol. The fourth-order valence-electron chi connectivity index (χ4n) is 1.31. The van der Waals surface area contributed by atoms with E-state index in [2.05, 4.69) is 20.4 Å². The summed E-state index contributed by atoms with van der Waals surface area (Å²) in [5.41, 5.74) is 6.36. The van der Waals surface area contributed by atoms with E-state index in [1.54, 1.807) is 4.68 Å². The van der Waals surface area contributed by atoms with E-state index in [-0.39, 0.29) is 0 Å². The van der Waals surface area contributed by atoms with Crippen molar-refractivity contribution in [2.45, 2.75) is 6.92 Å². The zero-order chi connectivity index (χ0) is 11.4. The maximum absolute atomic E-state index is 5.41. The first-order valence-electron chi connectivity index (χ1n) is 5.08. The second-order valence-corrected chi connectivity index (χ2v) is 3.38. The highest BCUT2D eigenvalue weighted by Crippen LogP contribution is 2.08. The van der Waals surface area contributed by atoms with E-state index in [1.807, 2.05) is 25.3 Å². The van der Waals surface area contributed by atoms with Crippen LogP contribution >= 0.6 is 0 Å². The van der Waals surface area contributed by atoms with Gasteiger partial charge in [-0.15, -0.1) is 0 Å². The summed E-state index contributed by atoms with van der Waals surface area (Å²) in [6, 6.07) is 3.76. The van der Waals surface area contributed by atoms with Crippen molar-refractivity contribution in [3.05, 3.63) is 30.4 Å². The zero-order valence-corrected chi connectivity index (χ0v) is 9.09. The number of hydrogen-bond donors (Lipinski definition) is 2. The minimum atomic E-state index is 0.570. The maximum Gasteiger partial charge on any atom is 0.158 e. The average Bonchev–Trinajstić information content (AvgIpc) is 2.74. The molecule has 0 aliphatic heterocycles. The SMILES string of the molecule is Cc1ccn(-c2cc(NCCN)ncn2)n1. The van der Waals surface area contributed by atoms with Gasteiger partial charge in [0.1, 0.15) is 12.1 Å². The van der Waals surface area contributed by atoms with E-state index in [1.165, 1.54) is 6.33 Å². The molecule has 0 aromatic carbocycles. The van der Waals surface area contributed by atoms with Gasteiger partial charge in [0.15, 0.2) is 5.82 Å². The molecule has 16 heavy (non-hydrogen) atoms. The summed E-state index contributed by atoms with van der Waals surface area (Å²) in [6.07, 6.45) is 3.37. The van der Waals surface area contributed by atoms with Crippen LogP contribution in [0, 0.1) is 6.92 Å². The highest BCUT2D eigenvalue weighted by molar-refractivity contribution is 5.40. The predicted octanol–water partition coefficient (Wildman–Crippen LogP) is 0.341. The molecule has 0 saturated carbocycles. The van der Waals surface area contributed by atoms with E-state index >= 15 is 0 Å². The molecule has 2 aromatic rings. The summed E-state index contributed by atoms with van der Waals surface area (Å²) in [5, 5.41) is 7.37. The van der Waals surface area contributed by atoms with Crippen molar-refractivity contribution in [1.29, 1.82) is 0 Å². The highest BCUT2D eigenvalue weighted by atomic mass is 15.3. The summed E-state index contributed by atoms with van der Waals surface area (Å²) in [5.74, 6) is 1.49. The van der Waals surface area contributed by atoms with Gasteiger partial charge in [-0.05, 0) is 13.0 Å². The molecule has 0 bridgehead atoms. The van der Waals surface area contributed by atoms with Crippen LogP contribution in [-0.4, -0.2) is 32.8 Å². The molecule has 0 unspecified atom stereocenters. The van der Waals surface area contributed by atoms with Gasteiger partial charge in [0.2, 0.25) is 0 Å². The Morgan fingerprint density at radius 2 is 2.31 bits per heavy atom. The van der Waals surface area contributed by atoms with E-state index in [4.69, 9.17) is 5.73 Å². The normalized spacial score (nSPS) is 10.4. The van der Waals surface area contributed by atoms with Gasteiger partial charge in [0.05, 0.1) is 5.69 Å². The lowest BCUT2D eigenvalue weighted by atomic mass is 10.5. The van der Waals surface area contributed by atoms with Crippen molar-refractivity contribution in [2.75, 3.05) is 18.4 Å². The van der Waals surface area contributed by atoms with Crippen LogP contribution in [-0.2, 0) is 0 Å². The summed E-state index contributed by atoms with van der Waals surface area (Å²) in [4.78, 5) is 8.24. The van der Waals surface area contributed by atoms with Crippen molar-refractivity contribution in [3.8, 4) is 5.82 Å². The number of hydrogen-bond acceptors (Lipinski definition) is 5. The fraction of sp³-hybridized carbons (Fsp3) is 0.300. The zero-order valence-electron chi connectivity index (χ0n) is 9.09. The molecule has 0 fully saturated rings. The molecule has 6 nitrogen and oxygen atoms in total. The number of rotatable bonds is 4. The summed E-state index contributed by atoms with van der Waals surface area (Å²) >= 11 is 0. The van der Waals surface area contributed by atoms with Gasteiger partial charge in [-0.3, -0.25) is 0 Å². The first-order valence-corrected chi connectivity index (χ1v) is 5.08. The van der Waals surface area contributed by atoms with Gasteiger partial charge in [-0.25, -0.2) is 14.6 Å². The topological polar surface area (TPSA) is 81.7 Å². The van der Waals surface area contributed by atoms with Crippen molar-refractivity contribution in [3.63, 3.8) is 0 Å². The molecule has 84 valence electrons. The molecular weight excluding hydrogens is 204 g/mol. The molecule has 2 heterocycles. The Hall–Kier alpha value is -1.95. The number of aryl methyl sites for hydroxylation is 1. The molecule has 2 rings (SSSR count). The third kappa shape index (κ3) is 2.34. The van der Waals surface area contributed by atoms with Crippen LogP contribution in [0.5, 0.6) is 0 Å². The molecular formula is C10H14N6. The number of nitrogens with zero attached hydrogens (tertiary/aromatic N) is 4. The van der Waals surface area contributed by atoms with Crippen molar-refractivity contribution in [2.24, 2.45) is 5.73 Å². The van der Waals surface area contributed by atoms with Gasteiger partial charge in [-0.2, -0.15) is 5.10 Å². The molecule has 0 spiro atoms. The van der Waals surface area contributed by atoms with Gasteiger partial charge < -0.3 is 11.1 Å². The first kappa shape index (κ1) is 10.6. The van der Waals surface area contributed by atoms with E-state index in [0.29, 0.717) is 13.1 Å². The summed E-state index contributed by atoms with van der Waals surface area (Å²) < 4.78 is 1.71. The Labute approximate surface area is 93.5 Å². The third-order valence-corrected chi connectivity index (χ3v) is 2.06. The lowest BCUT2D eigenvalue weighted by Gasteiger charge is -2.05. The molecule has 6 heteroatoms.